The van der Waals surface area contributed by atoms with Crippen LogP contribution in [0.3, 0.4) is 0 Å². The average molecular weight is 308 g/mol. The molecular formula is C9H12N2O6S2. The quantitative estimate of drug-likeness (QED) is 0.645. The third-order valence-corrected chi connectivity index (χ3v) is 4.48. The smallest absolute Gasteiger partial charge is 0.337 e. The lowest BCUT2D eigenvalue weighted by atomic mass is 10.1. The Kier molecular flexibility index (Phi) is 4.00. The fraction of sp³-hybridized carbons (Fsp3) is 0.222. The molecule has 0 bridgehead atoms. The van der Waals surface area contributed by atoms with Gasteiger partial charge in [0.1, 0.15) is 5.37 Å². The second-order valence-corrected chi connectivity index (χ2v) is 7.55. The van der Waals surface area contributed by atoms with Crippen molar-refractivity contribution in [2.24, 2.45) is 10.9 Å². The zero-order valence-corrected chi connectivity index (χ0v) is 11.4. The van der Waals surface area contributed by atoms with Crippen LogP contribution < -0.4 is 10.9 Å². The van der Waals surface area contributed by atoms with E-state index in [4.69, 9.17) is 16.0 Å². The number of sulfonamides is 1. The molecule has 1 rings (SSSR count). The fourth-order valence-electron chi connectivity index (χ4n) is 1.38. The Hall–Kier alpha value is -1.49. The van der Waals surface area contributed by atoms with Gasteiger partial charge < -0.3 is 10.8 Å². The Labute approximate surface area is 110 Å². The number of benzene rings is 1. The lowest BCUT2D eigenvalue weighted by molar-refractivity contribution is 0.0692. The number of primary sulfonamides is 1. The van der Waals surface area contributed by atoms with E-state index in [1.165, 1.54) is 0 Å². The zero-order valence-electron chi connectivity index (χ0n) is 9.77. The Morgan fingerprint density at radius 1 is 1.26 bits per heavy atom. The summed E-state index contributed by atoms with van der Waals surface area (Å²) in [6.07, 6.45) is 0.874. The third-order valence-electron chi connectivity index (χ3n) is 2.33. The molecule has 1 unspecified atom stereocenters. The van der Waals surface area contributed by atoms with Gasteiger partial charge in [0.15, 0.2) is 9.84 Å². The number of rotatable bonds is 4. The van der Waals surface area contributed by atoms with Crippen LogP contribution in [0.4, 0.5) is 0 Å². The van der Waals surface area contributed by atoms with Crippen molar-refractivity contribution in [1.29, 1.82) is 0 Å². The maximum atomic E-state index is 11.3. The summed E-state index contributed by atoms with van der Waals surface area (Å²) in [6.45, 7) is 0. The van der Waals surface area contributed by atoms with Gasteiger partial charge in [0.25, 0.3) is 0 Å². The van der Waals surface area contributed by atoms with E-state index in [0.717, 1.165) is 24.5 Å². The van der Waals surface area contributed by atoms with E-state index in [9.17, 15) is 21.6 Å². The van der Waals surface area contributed by atoms with Crippen LogP contribution in [0.5, 0.6) is 0 Å². The molecule has 1 aromatic rings. The maximum absolute atomic E-state index is 11.3. The molecule has 1 atom stereocenters. The van der Waals surface area contributed by atoms with Gasteiger partial charge in [0, 0.05) is 6.26 Å². The van der Waals surface area contributed by atoms with Crippen LogP contribution >= 0.6 is 0 Å². The van der Waals surface area contributed by atoms with E-state index < -0.39 is 41.7 Å². The molecule has 1 aromatic carbocycles. The SMILES string of the molecule is CS(=O)(=O)C(N)c1ccc(C(=O)O)c(S(N)(=O)=O)c1. The number of hydrogen-bond acceptors (Lipinski definition) is 6. The molecule has 0 aromatic heterocycles. The average Bonchev–Trinajstić information content (AvgIpc) is 2.24. The van der Waals surface area contributed by atoms with Crippen molar-refractivity contribution >= 4 is 25.8 Å². The molecular weight excluding hydrogens is 296 g/mol. The van der Waals surface area contributed by atoms with Crippen LogP contribution in [0.15, 0.2) is 23.1 Å². The van der Waals surface area contributed by atoms with Crippen LogP contribution in [0.1, 0.15) is 21.3 Å². The summed E-state index contributed by atoms with van der Waals surface area (Å²) in [4.78, 5) is 10.2. The summed E-state index contributed by atoms with van der Waals surface area (Å²) >= 11 is 0. The number of aromatic carboxylic acids is 1. The Morgan fingerprint density at radius 3 is 2.16 bits per heavy atom. The van der Waals surface area contributed by atoms with Gasteiger partial charge in [0.05, 0.1) is 10.5 Å². The molecule has 5 N–H and O–H groups in total. The zero-order chi connectivity index (χ0) is 15.0. The Bertz CT molecular complexity index is 723. The predicted octanol–water partition coefficient (Wildman–Crippen LogP) is -0.966. The van der Waals surface area contributed by atoms with E-state index in [2.05, 4.69) is 0 Å². The first-order valence-electron chi connectivity index (χ1n) is 4.79. The summed E-state index contributed by atoms with van der Waals surface area (Å²) in [5, 5.41) is 12.3. The first-order chi connectivity index (χ1) is 8.44. The van der Waals surface area contributed by atoms with Crippen molar-refractivity contribution < 1.29 is 26.7 Å². The lowest BCUT2D eigenvalue weighted by Crippen LogP contribution is -2.22. The van der Waals surface area contributed by atoms with Gasteiger partial charge in [-0.3, -0.25) is 0 Å². The molecule has 8 nitrogen and oxygen atoms in total. The molecule has 0 aliphatic heterocycles. The molecule has 19 heavy (non-hydrogen) atoms. The highest BCUT2D eigenvalue weighted by Gasteiger charge is 2.24. The molecule has 0 aliphatic carbocycles. The van der Waals surface area contributed by atoms with Crippen molar-refractivity contribution in [2.45, 2.75) is 10.3 Å². The minimum Gasteiger partial charge on any atom is -0.478 e. The highest BCUT2D eigenvalue weighted by atomic mass is 32.2. The van der Waals surface area contributed by atoms with Crippen molar-refractivity contribution in [3.63, 3.8) is 0 Å². The lowest BCUT2D eigenvalue weighted by Gasteiger charge is -2.12. The second-order valence-electron chi connectivity index (χ2n) is 3.86. The van der Waals surface area contributed by atoms with E-state index in [0.29, 0.717) is 0 Å². The predicted molar refractivity (Wildman–Crippen MR) is 66.5 cm³/mol. The standard InChI is InChI=1S/C9H12N2O6S2/c1-18(14,15)8(10)5-2-3-6(9(12)13)7(4-5)19(11,16)17/h2-4,8H,10H2,1H3,(H,12,13)(H2,11,16,17). The summed E-state index contributed by atoms with van der Waals surface area (Å²) in [5.74, 6) is -1.50. The third kappa shape index (κ3) is 3.50. The van der Waals surface area contributed by atoms with Crippen LogP contribution in [-0.4, -0.2) is 34.2 Å². The van der Waals surface area contributed by atoms with Gasteiger partial charge >= 0.3 is 5.97 Å². The number of hydrogen-bond donors (Lipinski definition) is 3. The highest BCUT2D eigenvalue weighted by molar-refractivity contribution is 7.91. The molecule has 0 heterocycles. The molecule has 0 spiro atoms. The summed E-state index contributed by atoms with van der Waals surface area (Å²) in [5.41, 5.74) is 4.83. The molecule has 0 fully saturated rings. The molecule has 0 amide bonds. The van der Waals surface area contributed by atoms with Crippen molar-refractivity contribution in [3.8, 4) is 0 Å². The van der Waals surface area contributed by atoms with Crippen LogP contribution in [0, 0.1) is 0 Å². The highest BCUT2D eigenvalue weighted by Crippen LogP contribution is 2.22. The second kappa shape index (κ2) is 4.89. The monoisotopic (exact) mass is 308 g/mol. The molecule has 106 valence electrons. The number of carbonyl (C=O) groups is 1. The van der Waals surface area contributed by atoms with E-state index >= 15 is 0 Å². The Balaban J connectivity index is 3.57. The van der Waals surface area contributed by atoms with Crippen LogP contribution in [0.25, 0.3) is 0 Å². The van der Waals surface area contributed by atoms with Crippen molar-refractivity contribution in [3.05, 3.63) is 29.3 Å². The minimum atomic E-state index is -4.31. The number of nitrogens with two attached hydrogens (primary N) is 2. The molecule has 0 radical (unpaired) electrons. The summed E-state index contributed by atoms with van der Waals surface area (Å²) in [6, 6.07) is 2.93. The molecule has 0 saturated heterocycles. The first kappa shape index (κ1) is 15.6. The number of carboxylic acids is 1. The Morgan fingerprint density at radius 2 is 1.79 bits per heavy atom. The topological polar surface area (TPSA) is 158 Å². The van der Waals surface area contributed by atoms with Gasteiger partial charge in [-0.25, -0.2) is 26.8 Å². The minimum absolute atomic E-state index is 0.0588. The number of carboxylic acid groups (broad SMARTS) is 1. The first-order valence-corrected chi connectivity index (χ1v) is 8.29. The number of sulfone groups is 1. The normalized spacial score (nSPS) is 14.1. The van der Waals surface area contributed by atoms with Gasteiger partial charge in [0.2, 0.25) is 10.0 Å². The molecule has 0 saturated carbocycles. The maximum Gasteiger partial charge on any atom is 0.337 e. The van der Waals surface area contributed by atoms with E-state index in [-0.39, 0.29) is 5.56 Å². The largest absolute Gasteiger partial charge is 0.478 e. The summed E-state index contributed by atoms with van der Waals surface area (Å²) < 4.78 is 45.2. The van der Waals surface area contributed by atoms with Crippen molar-refractivity contribution in [1.82, 2.24) is 0 Å². The van der Waals surface area contributed by atoms with E-state index in [1.807, 2.05) is 0 Å². The van der Waals surface area contributed by atoms with Crippen molar-refractivity contribution in [2.75, 3.05) is 6.26 Å². The van der Waals surface area contributed by atoms with E-state index in [1.54, 1.807) is 0 Å². The van der Waals surface area contributed by atoms with Crippen LogP contribution in [0.2, 0.25) is 0 Å². The summed E-state index contributed by atoms with van der Waals surface area (Å²) in [7, 11) is -7.97. The van der Waals surface area contributed by atoms with Gasteiger partial charge in [-0.2, -0.15) is 0 Å². The molecule has 10 heteroatoms. The van der Waals surface area contributed by atoms with Gasteiger partial charge in [-0.1, -0.05) is 6.07 Å². The van der Waals surface area contributed by atoms with Crippen LogP contribution in [-0.2, 0) is 19.9 Å². The fourth-order valence-corrected chi connectivity index (χ4v) is 2.78. The molecule has 0 aliphatic rings. The van der Waals surface area contributed by atoms with Gasteiger partial charge in [-0.05, 0) is 17.7 Å². The van der Waals surface area contributed by atoms with Gasteiger partial charge in [-0.15, -0.1) is 0 Å².